The zero-order valence-corrected chi connectivity index (χ0v) is 18.1. The van der Waals surface area contributed by atoms with Crippen molar-refractivity contribution in [1.82, 2.24) is 5.43 Å². The number of rotatable bonds is 8. The maximum Gasteiger partial charge on any atom is 0.343 e. The van der Waals surface area contributed by atoms with Gasteiger partial charge in [-0.15, -0.1) is 0 Å². The number of amides is 1. The average molecular weight is 468 g/mol. The van der Waals surface area contributed by atoms with Crippen molar-refractivity contribution in [1.29, 1.82) is 0 Å². The van der Waals surface area contributed by atoms with Crippen molar-refractivity contribution in [3.63, 3.8) is 0 Å². The van der Waals surface area contributed by atoms with Crippen LogP contribution in [0.4, 0.5) is 5.69 Å². The summed E-state index contributed by atoms with van der Waals surface area (Å²) >= 11 is 5.84. The molecule has 33 heavy (non-hydrogen) atoms. The molecule has 0 aromatic heterocycles. The zero-order chi connectivity index (χ0) is 23.8. The summed E-state index contributed by atoms with van der Waals surface area (Å²) in [5.41, 5.74) is 3.10. The van der Waals surface area contributed by atoms with Gasteiger partial charge in [-0.25, -0.2) is 10.2 Å². The van der Waals surface area contributed by atoms with E-state index in [4.69, 9.17) is 21.1 Å². The summed E-state index contributed by atoms with van der Waals surface area (Å²) in [4.78, 5) is 34.8. The Morgan fingerprint density at radius 1 is 1.06 bits per heavy atom. The lowest BCUT2D eigenvalue weighted by Crippen LogP contribution is -2.17. The lowest BCUT2D eigenvalue weighted by atomic mass is 10.2. The van der Waals surface area contributed by atoms with Crippen LogP contribution in [0.2, 0.25) is 5.02 Å². The first kappa shape index (κ1) is 23.4. The fraction of sp³-hybridized carbons (Fsp3) is 0.0870. The van der Waals surface area contributed by atoms with Gasteiger partial charge in [-0.2, -0.15) is 5.10 Å². The third-order valence-electron chi connectivity index (χ3n) is 4.25. The van der Waals surface area contributed by atoms with Crippen molar-refractivity contribution >= 4 is 35.4 Å². The van der Waals surface area contributed by atoms with E-state index in [2.05, 4.69) is 10.5 Å². The van der Waals surface area contributed by atoms with Gasteiger partial charge in [0.15, 0.2) is 11.5 Å². The Balaban J connectivity index is 1.70. The smallest absolute Gasteiger partial charge is 0.343 e. The van der Waals surface area contributed by atoms with Crippen LogP contribution in [0.15, 0.2) is 71.8 Å². The lowest BCUT2D eigenvalue weighted by molar-refractivity contribution is -0.384. The maximum absolute atomic E-state index is 12.4. The Labute approximate surface area is 193 Å². The molecule has 0 saturated carbocycles. The van der Waals surface area contributed by atoms with E-state index in [1.54, 1.807) is 49.4 Å². The number of benzene rings is 3. The fourth-order valence-electron chi connectivity index (χ4n) is 2.69. The molecule has 3 aromatic rings. The van der Waals surface area contributed by atoms with E-state index in [-0.39, 0.29) is 17.0 Å². The lowest BCUT2D eigenvalue weighted by Gasteiger charge is -2.11. The number of ether oxygens (including phenoxy) is 2. The topological polar surface area (TPSA) is 120 Å². The number of halogens is 1. The highest BCUT2D eigenvalue weighted by Gasteiger charge is 2.14. The molecule has 168 valence electrons. The Hall–Kier alpha value is -4.24. The molecule has 0 saturated heterocycles. The van der Waals surface area contributed by atoms with Gasteiger partial charge < -0.3 is 9.47 Å². The summed E-state index contributed by atoms with van der Waals surface area (Å²) in [6, 6.07) is 16.3. The molecule has 3 aromatic carbocycles. The second-order valence-corrected chi connectivity index (χ2v) is 6.98. The number of non-ortho nitro benzene ring substituents is 1. The monoisotopic (exact) mass is 467 g/mol. The number of carbonyl (C=O) groups excluding carboxylic acids is 2. The van der Waals surface area contributed by atoms with Crippen LogP contribution in [0.1, 0.15) is 33.2 Å². The number of esters is 1. The maximum atomic E-state index is 12.4. The first-order chi connectivity index (χ1) is 15.9. The predicted molar refractivity (Wildman–Crippen MR) is 122 cm³/mol. The van der Waals surface area contributed by atoms with Crippen molar-refractivity contribution in [3.05, 3.63) is 98.6 Å². The largest absolute Gasteiger partial charge is 0.490 e. The molecular formula is C23H18ClN3O6. The van der Waals surface area contributed by atoms with Gasteiger partial charge in [0.2, 0.25) is 0 Å². The molecule has 0 atom stereocenters. The third kappa shape index (κ3) is 6.37. The number of nitrogens with zero attached hydrogens (tertiary/aromatic N) is 2. The molecule has 0 aliphatic heterocycles. The molecule has 0 aliphatic carbocycles. The molecule has 0 bridgehead atoms. The molecule has 0 unspecified atom stereocenters. The van der Waals surface area contributed by atoms with Crippen LogP contribution in [0.5, 0.6) is 11.5 Å². The molecule has 0 aliphatic rings. The van der Waals surface area contributed by atoms with Crippen LogP contribution in [-0.4, -0.2) is 29.6 Å². The first-order valence-corrected chi connectivity index (χ1v) is 10.1. The van der Waals surface area contributed by atoms with Gasteiger partial charge in [-0.3, -0.25) is 14.9 Å². The van der Waals surface area contributed by atoms with Gasteiger partial charge in [0.1, 0.15) is 0 Å². The summed E-state index contributed by atoms with van der Waals surface area (Å²) in [7, 11) is 0. The van der Waals surface area contributed by atoms with Gasteiger partial charge in [0.05, 0.1) is 23.3 Å². The summed E-state index contributed by atoms with van der Waals surface area (Å²) in [6.07, 6.45) is 1.36. The van der Waals surface area contributed by atoms with Gasteiger partial charge >= 0.3 is 5.97 Å². The van der Waals surface area contributed by atoms with Gasteiger partial charge in [-0.05, 0) is 61.0 Å². The Morgan fingerprint density at radius 3 is 2.52 bits per heavy atom. The molecule has 1 amide bonds. The minimum atomic E-state index is -0.603. The van der Waals surface area contributed by atoms with Crippen molar-refractivity contribution in [2.45, 2.75) is 6.92 Å². The standard InChI is InChI=1S/C23H18ClN3O6/c1-2-32-21-12-15(6-11-20(21)33-23(29)16-7-9-18(24)10-8-16)14-25-26-22(28)17-4-3-5-19(13-17)27(30)31/h3-14H,2H2,1H3,(H,26,28)/b25-14-. The summed E-state index contributed by atoms with van der Waals surface area (Å²) in [5, 5.41) is 15.2. The van der Waals surface area contributed by atoms with Crippen molar-refractivity contribution in [3.8, 4) is 11.5 Å². The highest BCUT2D eigenvalue weighted by Crippen LogP contribution is 2.29. The van der Waals surface area contributed by atoms with E-state index in [0.717, 1.165) is 6.07 Å². The summed E-state index contributed by atoms with van der Waals surface area (Å²) in [6.45, 7) is 2.11. The van der Waals surface area contributed by atoms with Crippen LogP contribution in [0.25, 0.3) is 0 Å². The Morgan fingerprint density at radius 2 is 1.82 bits per heavy atom. The zero-order valence-electron chi connectivity index (χ0n) is 17.4. The van der Waals surface area contributed by atoms with Crippen molar-refractivity contribution < 1.29 is 24.0 Å². The third-order valence-corrected chi connectivity index (χ3v) is 4.50. The summed E-state index contributed by atoms with van der Waals surface area (Å²) < 4.78 is 11.0. The van der Waals surface area contributed by atoms with E-state index in [1.165, 1.54) is 24.4 Å². The van der Waals surface area contributed by atoms with Crippen LogP contribution >= 0.6 is 11.6 Å². The molecule has 10 heteroatoms. The van der Waals surface area contributed by atoms with Gasteiger partial charge in [0.25, 0.3) is 11.6 Å². The molecule has 0 spiro atoms. The van der Waals surface area contributed by atoms with E-state index < -0.39 is 16.8 Å². The van der Waals surface area contributed by atoms with Crippen molar-refractivity contribution in [2.75, 3.05) is 6.61 Å². The van der Waals surface area contributed by atoms with E-state index in [0.29, 0.717) is 28.5 Å². The number of nitrogens with one attached hydrogen (secondary N) is 1. The molecule has 0 fully saturated rings. The number of hydrogen-bond donors (Lipinski definition) is 1. The number of nitro groups is 1. The highest BCUT2D eigenvalue weighted by molar-refractivity contribution is 6.30. The number of carbonyl (C=O) groups is 2. The number of hydrazone groups is 1. The molecule has 9 nitrogen and oxygen atoms in total. The van der Waals surface area contributed by atoms with Crippen LogP contribution in [0, 0.1) is 10.1 Å². The summed E-state index contributed by atoms with van der Waals surface area (Å²) in [5.74, 6) is -0.643. The predicted octanol–water partition coefficient (Wildman–Crippen LogP) is 4.63. The van der Waals surface area contributed by atoms with E-state index in [1.807, 2.05) is 0 Å². The fourth-order valence-corrected chi connectivity index (χ4v) is 2.82. The second kappa shape index (κ2) is 10.9. The van der Waals surface area contributed by atoms with Crippen LogP contribution in [-0.2, 0) is 0 Å². The SMILES string of the molecule is CCOc1cc(/C=N\NC(=O)c2cccc([N+](=O)[O-])c2)ccc1OC(=O)c1ccc(Cl)cc1. The average Bonchev–Trinajstić information content (AvgIpc) is 2.81. The first-order valence-electron chi connectivity index (χ1n) is 9.70. The molecular weight excluding hydrogens is 450 g/mol. The van der Waals surface area contributed by atoms with E-state index in [9.17, 15) is 19.7 Å². The Kier molecular flexibility index (Phi) is 7.72. The molecule has 0 heterocycles. The normalized spacial score (nSPS) is 10.6. The molecule has 1 N–H and O–H groups in total. The van der Waals surface area contributed by atoms with Gasteiger partial charge in [0, 0.05) is 22.7 Å². The van der Waals surface area contributed by atoms with Crippen LogP contribution in [0.3, 0.4) is 0 Å². The number of hydrogen-bond acceptors (Lipinski definition) is 7. The Bertz CT molecular complexity index is 1210. The van der Waals surface area contributed by atoms with Crippen molar-refractivity contribution in [2.24, 2.45) is 5.10 Å². The minimum Gasteiger partial charge on any atom is -0.490 e. The quantitative estimate of drug-likeness (QED) is 0.169. The number of nitro benzene ring substituents is 1. The van der Waals surface area contributed by atoms with Crippen LogP contribution < -0.4 is 14.9 Å². The minimum absolute atomic E-state index is 0.0980. The molecule has 0 radical (unpaired) electrons. The molecule has 3 rings (SSSR count). The van der Waals surface area contributed by atoms with E-state index >= 15 is 0 Å². The van der Waals surface area contributed by atoms with Gasteiger partial charge in [-0.1, -0.05) is 17.7 Å². The second-order valence-electron chi connectivity index (χ2n) is 6.54. The highest BCUT2D eigenvalue weighted by atomic mass is 35.5.